The van der Waals surface area contributed by atoms with Crippen molar-refractivity contribution in [1.29, 1.82) is 0 Å². The maximum absolute atomic E-state index is 9.98. The fourth-order valence-corrected chi connectivity index (χ4v) is 2.42. The number of nitrogens with zero attached hydrogens (tertiary/aromatic N) is 1. The molecule has 0 amide bonds. The van der Waals surface area contributed by atoms with Gasteiger partial charge in [-0.05, 0) is 25.8 Å². The van der Waals surface area contributed by atoms with Gasteiger partial charge in [0, 0.05) is 49.7 Å². The largest absolute Gasteiger partial charge is 0.508 e. The highest BCUT2D eigenvalue weighted by Gasteiger charge is 2.19. The quantitative estimate of drug-likeness (QED) is 0.861. The monoisotopic (exact) mass is 250 g/mol. The molecular formula is C14H22N2O2. The van der Waals surface area contributed by atoms with Gasteiger partial charge in [0.1, 0.15) is 5.75 Å². The van der Waals surface area contributed by atoms with Crippen LogP contribution in [0.15, 0.2) is 18.2 Å². The predicted molar refractivity (Wildman–Crippen MR) is 73.0 cm³/mol. The molecule has 1 aliphatic heterocycles. The number of ether oxygens (including phenoxy) is 1. The van der Waals surface area contributed by atoms with E-state index in [9.17, 15) is 5.11 Å². The van der Waals surface area contributed by atoms with E-state index in [2.05, 4.69) is 11.9 Å². The van der Waals surface area contributed by atoms with E-state index in [4.69, 9.17) is 10.5 Å². The molecule has 3 N–H and O–H groups in total. The van der Waals surface area contributed by atoms with Gasteiger partial charge in [0.25, 0.3) is 0 Å². The fraction of sp³-hybridized carbons (Fsp3) is 0.571. The van der Waals surface area contributed by atoms with E-state index < -0.39 is 0 Å². The number of aromatic hydroxyl groups is 1. The fourth-order valence-electron chi connectivity index (χ4n) is 2.42. The molecule has 1 saturated heterocycles. The number of anilines is 1. The zero-order valence-electron chi connectivity index (χ0n) is 11.1. The van der Waals surface area contributed by atoms with E-state index in [1.54, 1.807) is 6.07 Å². The van der Waals surface area contributed by atoms with Crippen LogP contribution in [0.25, 0.3) is 0 Å². The summed E-state index contributed by atoms with van der Waals surface area (Å²) in [6, 6.07) is 6.07. The maximum atomic E-state index is 9.98. The Hall–Kier alpha value is -1.26. The lowest BCUT2D eigenvalue weighted by atomic mass is 10.0. The van der Waals surface area contributed by atoms with E-state index in [1.807, 2.05) is 19.1 Å². The summed E-state index contributed by atoms with van der Waals surface area (Å²) < 4.78 is 5.37. The average molecular weight is 250 g/mol. The van der Waals surface area contributed by atoms with Gasteiger partial charge in [-0.1, -0.05) is 6.07 Å². The summed E-state index contributed by atoms with van der Waals surface area (Å²) in [7, 11) is 2.07. The molecule has 1 heterocycles. The molecule has 2 rings (SSSR count). The van der Waals surface area contributed by atoms with Gasteiger partial charge in [-0.2, -0.15) is 0 Å². The zero-order valence-corrected chi connectivity index (χ0v) is 11.1. The van der Waals surface area contributed by atoms with Crippen molar-refractivity contribution in [3.8, 4) is 5.75 Å². The molecule has 1 aromatic carbocycles. The van der Waals surface area contributed by atoms with Crippen LogP contribution in [0.1, 0.15) is 31.4 Å². The Labute approximate surface area is 108 Å². The van der Waals surface area contributed by atoms with Gasteiger partial charge in [-0.3, -0.25) is 0 Å². The Morgan fingerprint density at radius 3 is 2.61 bits per heavy atom. The number of phenolic OH excluding ortho intramolecular Hbond substituents is 1. The molecule has 1 atom stereocenters. The van der Waals surface area contributed by atoms with Gasteiger partial charge >= 0.3 is 0 Å². The minimum atomic E-state index is -0.146. The topological polar surface area (TPSA) is 58.7 Å². The summed E-state index contributed by atoms with van der Waals surface area (Å²) in [4.78, 5) is 2.22. The van der Waals surface area contributed by atoms with Crippen molar-refractivity contribution in [2.75, 3.05) is 25.2 Å². The van der Waals surface area contributed by atoms with Crippen LogP contribution >= 0.6 is 0 Å². The highest BCUT2D eigenvalue weighted by atomic mass is 16.5. The third kappa shape index (κ3) is 2.76. The van der Waals surface area contributed by atoms with E-state index in [0.29, 0.717) is 6.04 Å². The highest BCUT2D eigenvalue weighted by molar-refractivity contribution is 5.54. The minimum Gasteiger partial charge on any atom is -0.508 e. The van der Waals surface area contributed by atoms with Gasteiger partial charge < -0.3 is 20.5 Å². The third-order valence-corrected chi connectivity index (χ3v) is 3.65. The van der Waals surface area contributed by atoms with Crippen LogP contribution in [-0.4, -0.2) is 31.4 Å². The van der Waals surface area contributed by atoms with Crippen LogP contribution in [0.3, 0.4) is 0 Å². The van der Waals surface area contributed by atoms with Crippen molar-refractivity contribution in [1.82, 2.24) is 0 Å². The Kier molecular flexibility index (Phi) is 4.09. The van der Waals surface area contributed by atoms with E-state index in [1.165, 1.54) is 0 Å². The number of hydrogen-bond acceptors (Lipinski definition) is 4. The second-order valence-electron chi connectivity index (χ2n) is 4.99. The molecular weight excluding hydrogens is 228 g/mol. The smallest absolute Gasteiger partial charge is 0.122 e. The van der Waals surface area contributed by atoms with Gasteiger partial charge in [0.15, 0.2) is 0 Å². The number of benzene rings is 1. The summed E-state index contributed by atoms with van der Waals surface area (Å²) in [5, 5.41) is 9.98. The average Bonchev–Trinajstić information content (AvgIpc) is 2.38. The highest BCUT2D eigenvalue weighted by Crippen LogP contribution is 2.29. The van der Waals surface area contributed by atoms with Crippen molar-refractivity contribution in [2.45, 2.75) is 31.8 Å². The Bertz CT molecular complexity index is 401. The van der Waals surface area contributed by atoms with Gasteiger partial charge in [-0.25, -0.2) is 0 Å². The van der Waals surface area contributed by atoms with Crippen molar-refractivity contribution in [2.24, 2.45) is 5.73 Å². The summed E-state index contributed by atoms with van der Waals surface area (Å²) in [5.74, 6) is 0.279. The van der Waals surface area contributed by atoms with Crippen LogP contribution < -0.4 is 10.6 Å². The Balaban J connectivity index is 2.15. The lowest BCUT2D eigenvalue weighted by Crippen LogP contribution is -2.36. The molecule has 1 aromatic rings. The number of hydrogen-bond donors (Lipinski definition) is 2. The molecule has 0 saturated carbocycles. The Morgan fingerprint density at radius 1 is 1.39 bits per heavy atom. The molecule has 1 unspecified atom stereocenters. The molecule has 0 spiro atoms. The maximum Gasteiger partial charge on any atom is 0.122 e. The van der Waals surface area contributed by atoms with E-state index >= 15 is 0 Å². The van der Waals surface area contributed by atoms with Gasteiger partial charge in [0.2, 0.25) is 0 Å². The van der Waals surface area contributed by atoms with Crippen molar-refractivity contribution in [3.05, 3.63) is 23.8 Å². The van der Waals surface area contributed by atoms with Gasteiger partial charge in [0.05, 0.1) is 0 Å². The van der Waals surface area contributed by atoms with Crippen LogP contribution in [-0.2, 0) is 4.74 Å². The normalized spacial score (nSPS) is 18.6. The summed E-state index contributed by atoms with van der Waals surface area (Å²) in [6.45, 7) is 3.51. The molecule has 0 radical (unpaired) electrons. The molecule has 1 fully saturated rings. The first-order valence-electron chi connectivity index (χ1n) is 6.48. The van der Waals surface area contributed by atoms with Crippen LogP contribution in [0, 0.1) is 0 Å². The molecule has 0 aliphatic carbocycles. The number of nitrogens with two attached hydrogens (primary N) is 1. The summed E-state index contributed by atoms with van der Waals surface area (Å²) in [5.41, 5.74) is 7.62. The van der Waals surface area contributed by atoms with E-state index in [0.717, 1.165) is 37.3 Å². The second-order valence-corrected chi connectivity index (χ2v) is 4.99. The number of phenols is 1. The molecule has 1 aliphatic rings. The molecule has 100 valence electrons. The molecule has 4 heteroatoms. The summed E-state index contributed by atoms with van der Waals surface area (Å²) in [6.07, 6.45) is 2.07. The van der Waals surface area contributed by atoms with Crippen molar-refractivity contribution < 1.29 is 9.84 Å². The molecule has 4 nitrogen and oxygen atoms in total. The standard InChI is InChI=1S/C14H22N2O2/c1-10(15)13-4-3-12(9-14(13)17)16(2)11-5-7-18-8-6-11/h3-4,9-11,17H,5-8,15H2,1-2H3. The van der Waals surface area contributed by atoms with Gasteiger partial charge in [-0.15, -0.1) is 0 Å². The lowest BCUT2D eigenvalue weighted by Gasteiger charge is -2.33. The summed E-state index contributed by atoms with van der Waals surface area (Å²) >= 11 is 0. The zero-order chi connectivity index (χ0) is 13.1. The van der Waals surface area contributed by atoms with E-state index in [-0.39, 0.29) is 11.8 Å². The lowest BCUT2D eigenvalue weighted by molar-refractivity contribution is 0.0855. The first kappa shape index (κ1) is 13.2. The predicted octanol–water partition coefficient (Wildman–Crippen LogP) is 2.03. The molecule has 18 heavy (non-hydrogen) atoms. The van der Waals surface area contributed by atoms with Crippen LogP contribution in [0.5, 0.6) is 5.75 Å². The van der Waals surface area contributed by atoms with Crippen molar-refractivity contribution in [3.63, 3.8) is 0 Å². The SMILES string of the molecule is CC(N)c1ccc(N(C)C2CCOCC2)cc1O. The first-order chi connectivity index (χ1) is 8.59. The number of rotatable bonds is 3. The third-order valence-electron chi connectivity index (χ3n) is 3.65. The first-order valence-corrected chi connectivity index (χ1v) is 6.48. The molecule has 0 bridgehead atoms. The Morgan fingerprint density at radius 2 is 2.06 bits per heavy atom. The molecule has 0 aromatic heterocycles. The minimum absolute atomic E-state index is 0.146. The second kappa shape index (κ2) is 5.59. The van der Waals surface area contributed by atoms with Crippen molar-refractivity contribution >= 4 is 5.69 Å². The van der Waals surface area contributed by atoms with Crippen LogP contribution in [0.4, 0.5) is 5.69 Å². The van der Waals surface area contributed by atoms with Crippen LogP contribution in [0.2, 0.25) is 0 Å².